The molecule has 0 aliphatic heterocycles. The first kappa shape index (κ1) is 14.8. The second kappa shape index (κ2) is 5.41. The summed E-state index contributed by atoms with van der Waals surface area (Å²) in [5.74, 6) is 1.56. The van der Waals surface area contributed by atoms with E-state index in [0.29, 0.717) is 5.15 Å². The predicted molar refractivity (Wildman–Crippen MR) is 85.0 cm³/mol. The number of para-hydroxylation sites is 1. The summed E-state index contributed by atoms with van der Waals surface area (Å²) in [6.07, 6.45) is 0. The summed E-state index contributed by atoms with van der Waals surface area (Å²) in [7, 11) is 1.99. The minimum absolute atomic E-state index is 0.133. The van der Waals surface area contributed by atoms with Crippen LogP contribution in [0.25, 0.3) is 0 Å². The Morgan fingerprint density at radius 1 is 1.10 bits per heavy atom. The molecule has 4 heteroatoms. The van der Waals surface area contributed by atoms with E-state index >= 15 is 0 Å². The highest BCUT2D eigenvalue weighted by Gasteiger charge is 2.20. The molecule has 1 heterocycles. The molecule has 0 aliphatic rings. The van der Waals surface area contributed by atoms with Gasteiger partial charge >= 0.3 is 0 Å². The van der Waals surface area contributed by atoms with Gasteiger partial charge in [0.05, 0.1) is 0 Å². The Morgan fingerprint density at radius 3 is 2.35 bits per heavy atom. The molecule has 0 radical (unpaired) electrons. The first-order chi connectivity index (χ1) is 9.29. The maximum Gasteiger partial charge on any atom is 0.138 e. The number of anilines is 2. The van der Waals surface area contributed by atoms with Crippen molar-refractivity contribution in [2.45, 2.75) is 33.1 Å². The Kier molecular flexibility index (Phi) is 4.00. The molecule has 106 valence electrons. The van der Waals surface area contributed by atoms with Gasteiger partial charge in [-0.2, -0.15) is 0 Å². The molecule has 0 saturated carbocycles. The van der Waals surface area contributed by atoms with E-state index in [9.17, 15) is 0 Å². The molecule has 1 aromatic heterocycles. The predicted octanol–water partition coefficient (Wildman–Crippen LogP) is 4.50. The van der Waals surface area contributed by atoms with E-state index in [1.807, 2.05) is 24.1 Å². The van der Waals surface area contributed by atoms with E-state index in [4.69, 9.17) is 11.6 Å². The van der Waals surface area contributed by atoms with E-state index in [-0.39, 0.29) is 5.41 Å². The molecule has 0 amide bonds. The van der Waals surface area contributed by atoms with Gasteiger partial charge in [-0.3, -0.25) is 0 Å². The third kappa shape index (κ3) is 3.10. The summed E-state index contributed by atoms with van der Waals surface area (Å²) in [6, 6.07) is 10.00. The van der Waals surface area contributed by atoms with Crippen LogP contribution in [0.5, 0.6) is 0 Å². The van der Waals surface area contributed by atoms with Crippen molar-refractivity contribution < 1.29 is 0 Å². The smallest absolute Gasteiger partial charge is 0.138 e. The van der Waals surface area contributed by atoms with Crippen molar-refractivity contribution in [1.82, 2.24) is 9.97 Å². The van der Waals surface area contributed by atoms with Crippen LogP contribution in [-0.4, -0.2) is 17.0 Å². The quantitative estimate of drug-likeness (QED) is 0.762. The minimum Gasteiger partial charge on any atom is -0.329 e. The molecule has 0 N–H and O–H groups in total. The number of nitrogens with zero attached hydrogens (tertiary/aromatic N) is 3. The third-order valence-electron chi connectivity index (χ3n) is 3.17. The highest BCUT2D eigenvalue weighted by Crippen LogP contribution is 2.28. The van der Waals surface area contributed by atoms with Crippen LogP contribution in [0.2, 0.25) is 5.15 Å². The summed E-state index contributed by atoms with van der Waals surface area (Å²) < 4.78 is 0. The summed E-state index contributed by atoms with van der Waals surface area (Å²) in [6.45, 7) is 8.32. The van der Waals surface area contributed by atoms with Crippen molar-refractivity contribution in [2.75, 3.05) is 11.9 Å². The molecule has 20 heavy (non-hydrogen) atoms. The van der Waals surface area contributed by atoms with E-state index in [1.54, 1.807) is 6.07 Å². The van der Waals surface area contributed by atoms with E-state index in [2.05, 4.69) is 49.8 Å². The summed E-state index contributed by atoms with van der Waals surface area (Å²) in [5.41, 5.74) is 2.18. The number of hydrogen-bond donors (Lipinski definition) is 0. The maximum absolute atomic E-state index is 6.15. The van der Waals surface area contributed by atoms with Gasteiger partial charge in [-0.05, 0) is 18.6 Å². The van der Waals surface area contributed by atoms with Crippen LogP contribution in [0.3, 0.4) is 0 Å². The summed E-state index contributed by atoms with van der Waals surface area (Å²) >= 11 is 6.15. The average molecular weight is 290 g/mol. The van der Waals surface area contributed by atoms with Crippen LogP contribution in [0.1, 0.15) is 32.2 Å². The normalized spacial score (nSPS) is 11.5. The highest BCUT2D eigenvalue weighted by molar-refractivity contribution is 6.29. The van der Waals surface area contributed by atoms with Crippen LogP contribution in [-0.2, 0) is 5.41 Å². The molecule has 0 fully saturated rings. The number of rotatable bonds is 2. The number of benzene rings is 1. The van der Waals surface area contributed by atoms with Gasteiger partial charge in [-0.15, -0.1) is 0 Å². The Morgan fingerprint density at radius 2 is 1.75 bits per heavy atom. The van der Waals surface area contributed by atoms with Crippen LogP contribution in [0.4, 0.5) is 11.5 Å². The minimum atomic E-state index is -0.133. The third-order valence-corrected chi connectivity index (χ3v) is 3.37. The second-order valence-electron chi connectivity index (χ2n) is 5.97. The lowest BCUT2D eigenvalue weighted by Gasteiger charge is -2.23. The Balaban J connectivity index is 2.48. The van der Waals surface area contributed by atoms with Crippen molar-refractivity contribution >= 4 is 23.1 Å². The Hall–Kier alpha value is -1.61. The molecule has 1 aromatic carbocycles. The van der Waals surface area contributed by atoms with Gasteiger partial charge in [0.25, 0.3) is 0 Å². The van der Waals surface area contributed by atoms with Gasteiger partial charge in [-0.1, -0.05) is 50.6 Å². The molecular formula is C16H20ClN3. The number of halogens is 1. The topological polar surface area (TPSA) is 29.0 Å². The Labute approximate surface area is 125 Å². The first-order valence-corrected chi connectivity index (χ1v) is 7.01. The highest BCUT2D eigenvalue weighted by atomic mass is 35.5. The number of aryl methyl sites for hydroxylation is 1. The van der Waals surface area contributed by atoms with Crippen LogP contribution in [0, 0.1) is 6.92 Å². The van der Waals surface area contributed by atoms with Gasteiger partial charge in [0.1, 0.15) is 16.8 Å². The lowest BCUT2D eigenvalue weighted by molar-refractivity contribution is 0.545. The molecule has 0 atom stereocenters. The van der Waals surface area contributed by atoms with Gasteiger partial charge in [0.15, 0.2) is 0 Å². The second-order valence-corrected chi connectivity index (χ2v) is 6.36. The van der Waals surface area contributed by atoms with Crippen molar-refractivity contribution in [3.63, 3.8) is 0 Å². The van der Waals surface area contributed by atoms with Gasteiger partial charge < -0.3 is 4.90 Å². The molecule has 0 spiro atoms. The summed E-state index contributed by atoms with van der Waals surface area (Å²) in [4.78, 5) is 11.0. The fourth-order valence-corrected chi connectivity index (χ4v) is 2.15. The molecule has 0 aliphatic carbocycles. The zero-order valence-corrected chi connectivity index (χ0v) is 13.4. The number of hydrogen-bond acceptors (Lipinski definition) is 3. The zero-order valence-electron chi connectivity index (χ0n) is 12.6. The van der Waals surface area contributed by atoms with Crippen LogP contribution in [0.15, 0.2) is 30.3 Å². The summed E-state index contributed by atoms with van der Waals surface area (Å²) in [5, 5.41) is 0.473. The molecule has 0 bridgehead atoms. The lowest BCUT2D eigenvalue weighted by Crippen LogP contribution is -2.20. The van der Waals surface area contributed by atoms with E-state index in [0.717, 1.165) is 17.3 Å². The van der Waals surface area contributed by atoms with Gasteiger partial charge in [0.2, 0.25) is 0 Å². The standard InChI is InChI=1S/C16H20ClN3/c1-11-8-6-7-9-12(11)20(5)14-10-13(17)18-15(19-14)16(2,3)4/h6-10H,1-5H3. The molecule has 2 rings (SSSR count). The zero-order chi connectivity index (χ0) is 14.9. The fraction of sp³-hybridized carbons (Fsp3) is 0.375. The van der Waals surface area contributed by atoms with E-state index < -0.39 is 0 Å². The van der Waals surface area contributed by atoms with E-state index in [1.165, 1.54) is 5.56 Å². The lowest BCUT2D eigenvalue weighted by atomic mass is 9.96. The van der Waals surface area contributed by atoms with Crippen molar-refractivity contribution in [3.8, 4) is 0 Å². The SMILES string of the molecule is Cc1ccccc1N(C)c1cc(Cl)nc(C(C)(C)C)n1. The fourth-order valence-electron chi connectivity index (χ4n) is 1.98. The van der Waals surface area contributed by atoms with Gasteiger partial charge in [0, 0.05) is 24.2 Å². The molecule has 3 nitrogen and oxygen atoms in total. The maximum atomic E-state index is 6.15. The Bertz CT molecular complexity index is 617. The van der Waals surface area contributed by atoms with Crippen LogP contribution >= 0.6 is 11.6 Å². The largest absolute Gasteiger partial charge is 0.329 e. The van der Waals surface area contributed by atoms with Crippen molar-refractivity contribution in [2.24, 2.45) is 0 Å². The van der Waals surface area contributed by atoms with Crippen molar-refractivity contribution in [3.05, 3.63) is 46.9 Å². The first-order valence-electron chi connectivity index (χ1n) is 6.63. The number of aromatic nitrogens is 2. The molecular weight excluding hydrogens is 270 g/mol. The molecule has 2 aromatic rings. The average Bonchev–Trinajstić information content (AvgIpc) is 2.37. The van der Waals surface area contributed by atoms with Crippen molar-refractivity contribution in [1.29, 1.82) is 0 Å². The molecule has 0 saturated heterocycles. The molecule has 0 unspecified atom stereocenters. The van der Waals surface area contributed by atoms with Gasteiger partial charge in [-0.25, -0.2) is 9.97 Å². The monoisotopic (exact) mass is 289 g/mol. The van der Waals surface area contributed by atoms with Crippen LogP contribution < -0.4 is 4.90 Å².